The van der Waals surface area contributed by atoms with Crippen molar-refractivity contribution < 1.29 is 18.7 Å². The fourth-order valence-corrected chi connectivity index (χ4v) is 3.33. The van der Waals surface area contributed by atoms with Crippen molar-refractivity contribution in [3.8, 4) is 0 Å². The molecule has 29 heavy (non-hydrogen) atoms. The second kappa shape index (κ2) is 9.39. The zero-order valence-electron chi connectivity index (χ0n) is 17.0. The lowest BCUT2D eigenvalue weighted by Gasteiger charge is -2.17. The van der Waals surface area contributed by atoms with Crippen LogP contribution in [0.15, 0.2) is 52.9 Å². The summed E-state index contributed by atoms with van der Waals surface area (Å²) in [6, 6.07) is 15.2. The Hall–Kier alpha value is -3.12. The molecule has 0 aliphatic carbocycles. The van der Waals surface area contributed by atoms with Crippen LogP contribution >= 0.6 is 0 Å². The van der Waals surface area contributed by atoms with E-state index >= 15 is 0 Å². The predicted octanol–water partition coefficient (Wildman–Crippen LogP) is 4.24. The SMILES string of the molecule is CCOC(=O)c1oc2ccccc2c1CN(C)CC(=O)Nc1ccccc1CC. The van der Waals surface area contributed by atoms with Gasteiger partial charge in [0.2, 0.25) is 11.7 Å². The van der Waals surface area contributed by atoms with E-state index in [0.717, 1.165) is 28.6 Å². The molecule has 1 aromatic heterocycles. The number of esters is 1. The van der Waals surface area contributed by atoms with Gasteiger partial charge < -0.3 is 14.5 Å². The Morgan fingerprint density at radius 1 is 1.07 bits per heavy atom. The Morgan fingerprint density at radius 2 is 1.79 bits per heavy atom. The number of hydrogen-bond acceptors (Lipinski definition) is 5. The van der Waals surface area contributed by atoms with E-state index in [1.165, 1.54) is 0 Å². The van der Waals surface area contributed by atoms with E-state index in [0.29, 0.717) is 12.1 Å². The highest BCUT2D eigenvalue weighted by Gasteiger charge is 2.23. The molecule has 2 aromatic carbocycles. The number of likely N-dealkylation sites (N-methyl/N-ethyl adjacent to an activating group) is 1. The minimum Gasteiger partial charge on any atom is -0.460 e. The second-order valence-electron chi connectivity index (χ2n) is 6.86. The normalized spacial score (nSPS) is 11.0. The first-order chi connectivity index (χ1) is 14.0. The molecule has 152 valence electrons. The quantitative estimate of drug-likeness (QED) is 0.579. The van der Waals surface area contributed by atoms with Gasteiger partial charge >= 0.3 is 5.97 Å². The number of fused-ring (bicyclic) bond motifs is 1. The number of rotatable bonds is 8. The third kappa shape index (κ3) is 4.84. The number of para-hydroxylation sites is 2. The van der Waals surface area contributed by atoms with Gasteiger partial charge in [0.1, 0.15) is 5.58 Å². The maximum Gasteiger partial charge on any atom is 0.374 e. The first-order valence-electron chi connectivity index (χ1n) is 9.77. The molecule has 0 aliphatic rings. The molecule has 0 saturated heterocycles. The molecule has 0 unspecified atom stereocenters. The number of aryl methyl sites for hydroxylation is 1. The van der Waals surface area contributed by atoms with Crippen molar-refractivity contribution in [3.05, 3.63) is 65.4 Å². The van der Waals surface area contributed by atoms with Crippen molar-refractivity contribution in [2.75, 3.05) is 25.5 Å². The number of hydrogen-bond donors (Lipinski definition) is 1. The summed E-state index contributed by atoms with van der Waals surface area (Å²) in [4.78, 5) is 26.7. The summed E-state index contributed by atoms with van der Waals surface area (Å²) in [6.07, 6.45) is 0.843. The molecule has 3 aromatic rings. The summed E-state index contributed by atoms with van der Waals surface area (Å²) in [6.45, 7) is 4.64. The number of anilines is 1. The highest BCUT2D eigenvalue weighted by molar-refractivity contribution is 5.96. The largest absolute Gasteiger partial charge is 0.460 e. The fourth-order valence-electron chi connectivity index (χ4n) is 3.33. The average molecular weight is 394 g/mol. The third-order valence-corrected chi connectivity index (χ3v) is 4.67. The van der Waals surface area contributed by atoms with E-state index < -0.39 is 5.97 Å². The number of nitrogens with one attached hydrogen (secondary N) is 1. The first kappa shape index (κ1) is 20.6. The van der Waals surface area contributed by atoms with Crippen LogP contribution in [0.4, 0.5) is 5.69 Å². The van der Waals surface area contributed by atoms with Crippen molar-refractivity contribution in [2.24, 2.45) is 0 Å². The van der Waals surface area contributed by atoms with E-state index in [4.69, 9.17) is 9.15 Å². The van der Waals surface area contributed by atoms with Crippen molar-refractivity contribution >= 4 is 28.5 Å². The van der Waals surface area contributed by atoms with Crippen LogP contribution in [0.3, 0.4) is 0 Å². The number of nitrogens with zero attached hydrogens (tertiary/aromatic N) is 1. The van der Waals surface area contributed by atoms with Crippen LogP contribution in [-0.4, -0.2) is 37.0 Å². The molecule has 0 fully saturated rings. The van der Waals surface area contributed by atoms with Crippen molar-refractivity contribution in [3.63, 3.8) is 0 Å². The molecular weight excluding hydrogens is 368 g/mol. The minimum absolute atomic E-state index is 0.112. The molecule has 0 aliphatic heterocycles. The molecule has 0 spiro atoms. The van der Waals surface area contributed by atoms with E-state index in [2.05, 4.69) is 12.2 Å². The number of carbonyl (C=O) groups is 2. The van der Waals surface area contributed by atoms with Crippen LogP contribution in [0.5, 0.6) is 0 Å². The fraction of sp³-hybridized carbons (Fsp3) is 0.304. The third-order valence-electron chi connectivity index (χ3n) is 4.67. The van der Waals surface area contributed by atoms with Gasteiger partial charge in [-0.2, -0.15) is 0 Å². The lowest BCUT2D eigenvalue weighted by molar-refractivity contribution is -0.117. The van der Waals surface area contributed by atoms with Gasteiger partial charge in [0.15, 0.2) is 0 Å². The van der Waals surface area contributed by atoms with E-state index in [9.17, 15) is 9.59 Å². The van der Waals surface area contributed by atoms with Gasteiger partial charge in [-0.3, -0.25) is 9.69 Å². The van der Waals surface area contributed by atoms with Gasteiger partial charge in [-0.15, -0.1) is 0 Å². The van der Waals surface area contributed by atoms with E-state index in [1.807, 2.05) is 60.5 Å². The lowest BCUT2D eigenvalue weighted by Crippen LogP contribution is -2.30. The van der Waals surface area contributed by atoms with Crippen LogP contribution in [-0.2, 0) is 22.5 Å². The Balaban J connectivity index is 1.75. The standard InChI is InChI=1S/C23H26N2O4/c1-4-16-10-6-8-12-19(16)24-21(26)15-25(3)14-18-17-11-7-9-13-20(17)29-22(18)23(27)28-5-2/h6-13H,4-5,14-15H2,1-3H3,(H,24,26). The minimum atomic E-state index is -0.492. The van der Waals surface area contributed by atoms with Crippen LogP contribution in [0, 0.1) is 0 Å². The lowest BCUT2D eigenvalue weighted by atomic mass is 10.1. The summed E-state index contributed by atoms with van der Waals surface area (Å²) < 4.78 is 10.9. The zero-order valence-corrected chi connectivity index (χ0v) is 17.0. The number of amides is 1. The average Bonchev–Trinajstić information content (AvgIpc) is 3.07. The van der Waals surface area contributed by atoms with Gasteiger partial charge in [-0.25, -0.2) is 4.79 Å². The van der Waals surface area contributed by atoms with Gasteiger partial charge in [0.05, 0.1) is 13.2 Å². The predicted molar refractivity (Wildman–Crippen MR) is 113 cm³/mol. The summed E-state index contributed by atoms with van der Waals surface area (Å²) in [5, 5.41) is 3.82. The van der Waals surface area contributed by atoms with Crippen molar-refractivity contribution in [1.29, 1.82) is 0 Å². The van der Waals surface area contributed by atoms with Crippen molar-refractivity contribution in [2.45, 2.75) is 26.8 Å². The highest BCUT2D eigenvalue weighted by Crippen LogP contribution is 2.27. The van der Waals surface area contributed by atoms with Gasteiger partial charge in [-0.1, -0.05) is 43.3 Å². The molecule has 1 heterocycles. The molecule has 0 atom stereocenters. The van der Waals surface area contributed by atoms with Crippen LogP contribution in [0.1, 0.15) is 35.5 Å². The summed E-state index contributed by atoms with van der Waals surface area (Å²) in [7, 11) is 1.84. The zero-order chi connectivity index (χ0) is 20.8. The molecule has 6 nitrogen and oxygen atoms in total. The van der Waals surface area contributed by atoms with Gasteiger partial charge in [0.25, 0.3) is 0 Å². The molecule has 0 radical (unpaired) electrons. The number of furan rings is 1. The van der Waals surface area contributed by atoms with Crippen LogP contribution in [0.2, 0.25) is 0 Å². The molecular formula is C23H26N2O4. The Morgan fingerprint density at radius 3 is 2.55 bits per heavy atom. The number of ether oxygens (including phenoxy) is 1. The Labute approximate surface area is 170 Å². The molecule has 6 heteroatoms. The maximum atomic E-state index is 12.5. The summed E-state index contributed by atoms with van der Waals surface area (Å²) in [5.41, 5.74) is 3.27. The molecule has 3 rings (SSSR count). The van der Waals surface area contributed by atoms with Crippen LogP contribution in [0.25, 0.3) is 11.0 Å². The molecule has 1 amide bonds. The van der Waals surface area contributed by atoms with Gasteiger partial charge in [-0.05, 0) is 38.1 Å². The van der Waals surface area contributed by atoms with E-state index in [1.54, 1.807) is 6.92 Å². The van der Waals surface area contributed by atoms with Gasteiger partial charge in [0, 0.05) is 23.2 Å². The first-order valence-corrected chi connectivity index (χ1v) is 9.77. The summed E-state index contributed by atoms with van der Waals surface area (Å²) in [5.74, 6) is -0.413. The molecule has 1 N–H and O–H groups in total. The topological polar surface area (TPSA) is 71.8 Å². The smallest absolute Gasteiger partial charge is 0.374 e. The molecule has 0 bridgehead atoms. The Kier molecular flexibility index (Phi) is 6.67. The van der Waals surface area contributed by atoms with Crippen molar-refractivity contribution in [1.82, 2.24) is 4.90 Å². The van der Waals surface area contributed by atoms with E-state index in [-0.39, 0.29) is 24.8 Å². The maximum absolute atomic E-state index is 12.5. The van der Waals surface area contributed by atoms with Crippen LogP contribution < -0.4 is 5.32 Å². The monoisotopic (exact) mass is 394 g/mol. The summed E-state index contributed by atoms with van der Waals surface area (Å²) >= 11 is 0. The Bertz CT molecular complexity index is 1010. The number of benzene rings is 2. The highest BCUT2D eigenvalue weighted by atomic mass is 16.5. The number of carbonyl (C=O) groups excluding carboxylic acids is 2. The molecule has 0 saturated carbocycles. The second-order valence-corrected chi connectivity index (χ2v) is 6.86.